The Morgan fingerprint density at radius 3 is 1.33 bits per heavy atom. The zero-order chi connectivity index (χ0) is 40.3. The third-order valence-corrected chi connectivity index (χ3v) is 12.5. The first-order valence-electron chi connectivity index (χ1n) is 21.1. The lowest BCUT2D eigenvalue weighted by Gasteiger charge is -2.19. The van der Waals surface area contributed by atoms with E-state index in [1.54, 1.807) is 0 Å². The molecule has 1 aromatic heterocycles. The van der Waals surface area contributed by atoms with Crippen LogP contribution in [0.1, 0.15) is 0 Å². The first-order valence-corrected chi connectivity index (χ1v) is 21.1. The monoisotopic (exact) mass is 773 g/mol. The molecule has 0 atom stereocenters. The molecule has 1 heteroatoms. The second kappa shape index (κ2) is 14.4. The maximum atomic E-state index is 2.56. The van der Waals surface area contributed by atoms with Crippen LogP contribution in [0, 0.1) is 0 Å². The second-order valence-electron chi connectivity index (χ2n) is 16.0. The van der Waals surface area contributed by atoms with Crippen LogP contribution in [0.4, 0.5) is 0 Å². The van der Waals surface area contributed by atoms with Gasteiger partial charge in [-0.2, -0.15) is 0 Å². The number of nitrogens with zero attached hydrogens (tertiary/aromatic N) is 1. The molecule has 12 aromatic rings. The van der Waals surface area contributed by atoms with Crippen LogP contribution in [0.3, 0.4) is 0 Å². The minimum atomic E-state index is 1.15. The van der Waals surface area contributed by atoms with Crippen molar-refractivity contribution in [1.82, 2.24) is 4.57 Å². The molecule has 11 aromatic carbocycles. The van der Waals surface area contributed by atoms with E-state index in [1.807, 2.05) is 0 Å². The van der Waals surface area contributed by atoms with E-state index in [1.165, 1.54) is 110 Å². The Bertz CT molecular complexity index is 3600. The Morgan fingerprint density at radius 1 is 0.246 bits per heavy atom. The van der Waals surface area contributed by atoms with Crippen LogP contribution in [0.25, 0.3) is 115 Å². The van der Waals surface area contributed by atoms with Gasteiger partial charge in [0.1, 0.15) is 0 Å². The third-order valence-electron chi connectivity index (χ3n) is 12.5. The fraction of sp³-hybridized carbons (Fsp3) is 0. The summed E-state index contributed by atoms with van der Waals surface area (Å²) >= 11 is 0. The lowest BCUT2D eigenvalue weighted by molar-refractivity contribution is 1.15. The number of hydrogen-bond donors (Lipinski definition) is 0. The molecule has 1 nitrogen and oxygen atoms in total. The van der Waals surface area contributed by atoms with Gasteiger partial charge in [0.25, 0.3) is 0 Å². The van der Waals surface area contributed by atoms with Gasteiger partial charge in [0, 0.05) is 16.3 Å². The number of aromatic nitrogens is 1. The standard InChI is InChI=1S/C60H39N/c1-5-20-41(21-6-1)57-50-31-17-18-32-51(50)58(42-22-7-2-8-23-42)53-39-56-54(38-52(53)57)59(43-24-9-3-10-25-43)60(44-26-11-4-12-27-44)61(56)55-36-35-47(48-29-15-16-30-49(48)55)46-34-33-40-19-13-14-28-45(40)37-46/h1-39H. The molecule has 0 N–H and O–H groups in total. The summed E-state index contributed by atoms with van der Waals surface area (Å²) in [5, 5.41) is 11.1. The summed E-state index contributed by atoms with van der Waals surface area (Å²) in [5.74, 6) is 0. The van der Waals surface area contributed by atoms with Gasteiger partial charge in [0.2, 0.25) is 0 Å². The maximum absolute atomic E-state index is 2.56. The molecule has 0 aliphatic carbocycles. The predicted octanol–water partition coefficient (Wildman–Crippen LogP) is 16.6. The first kappa shape index (κ1) is 35.0. The van der Waals surface area contributed by atoms with Gasteiger partial charge >= 0.3 is 0 Å². The highest BCUT2D eigenvalue weighted by Crippen LogP contribution is 2.50. The lowest BCUT2D eigenvalue weighted by atomic mass is 9.85. The largest absolute Gasteiger partial charge is 0.308 e. The average Bonchev–Trinajstić information content (AvgIpc) is 3.66. The lowest BCUT2D eigenvalue weighted by Crippen LogP contribution is -2.00. The molecule has 0 spiro atoms. The van der Waals surface area contributed by atoms with Crippen molar-refractivity contribution < 1.29 is 0 Å². The molecular weight excluding hydrogens is 735 g/mol. The summed E-state index contributed by atoms with van der Waals surface area (Å²) in [6, 6.07) is 86.9. The highest BCUT2D eigenvalue weighted by atomic mass is 15.0. The molecule has 284 valence electrons. The van der Waals surface area contributed by atoms with E-state index in [4.69, 9.17) is 0 Å². The van der Waals surface area contributed by atoms with Crippen LogP contribution in [-0.2, 0) is 0 Å². The molecule has 61 heavy (non-hydrogen) atoms. The molecule has 0 aliphatic heterocycles. The van der Waals surface area contributed by atoms with E-state index in [0.29, 0.717) is 0 Å². The van der Waals surface area contributed by atoms with Gasteiger partial charge < -0.3 is 4.57 Å². The third kappa shape index (κ3) is 5.70. The molecule has 0 bridgehead atoms. The van der Waals surface area contributed by atoms with Gasteiger partial charge in [-0.25, -0.2) is 0 Å². The molecule has 0 amide bonds. The van der Waals surface area contributed by atoms with Crippen molar-refractivity contribution in [2.45, 2.75) is 0 Å². The molecule has 1 heterocycles. The highest BCUT2D eigenvalue weighted by Gasteiger charge is 2.26. The Morgan fingerprint density at radius 2 is 0.721 bits per heavy atom. The summed E-state index contributed by atoms with van der Waals surface area (Å²) < 4.78 is 2.56. The van der Waals surface area contributed by atoms with Gasteiger partial charge in [-0.15, -0.1) is 0 Å². The van der Waals surface area contributed by atoms with E-state index >= 15 is 0 Å². The summed E-state index contributed by atoms with van der Waals surface area (Å²) in [7, 11) is 0. The molecular formula is C60H39N. The van der Waals surface area contributed by atoms with Crippen LogP contribution in [0.5, 0.6) is 0 Å². The zero-order valence-electron chi connectivity index (χ0n) is 33.5. The molecule has 0 aliphatic rings. The Labute approximate surface area is 355 Å². The Kier molecular flexibility index (Phi) is 8.25. The molecule has 0 fully saturated rings. The smallest absolute Gasteiger partial charge is 0.0619 e. The second-order valence-corrected chi connectivity index (χ2v) is 16.0. The topological polar surface area (TPSA) is 4.93 Å². The first-order chi connectivity index (χ1) is 30.3. The van der Waals surface area contributed by atoms with Crippen molar-refractivity contribution in [3.05, 3.63) is 237 Å². The number of benzene rings is 11. The average molecular weight is 774 g/mol. The van der Waals surface area contributed by atoms with Gasteiger partial charge in [-0.1, -0.05) is 212 Å². The SMILES string of the molecule is c1ccc(-c2c3ccccc3c(-c3ccccc3)c3cc4c(cc23)c(-c2ccccc2)c(-c2ccccc2)n4-c2ccc(-c3ccc4ccccc4c3)c3ccccc23)cc1. The van der Waals surface area contributed by atoms with Crippen LogP contribution < -0.4 is 0 Å². The predicted molar refractivity (Wildman–Crippen MR) is 260 cm³/mol. The minimum Gasteiger partial charge on any atom is -0.308 e. The van der Waals surface area contributed by atoms with Crippen LogP contribution in [0.15, 0.2) is 237 Å². The van der Waals surface area contributed by atoms with Gasteiger partial charge in [0.15, 0.2) is 0 Å². The summed E-state index contributed by atoms with van der Waals surface area (Å²) in [6.07, 6.45) is 0. The van der Waals surface area contributed by atoms with Crippen LogP contribution in [0.2, 0.25) is 0 Å². The molecule has 0 saturated carbocycles. The van der Waals surface area contributed by atoms with Crippen molar-refractivity contribution >= 4 is 54.0 Å². The number of rotatable bonds is 6. The van der Waals surface area contributed by atoms with Crippen molar-refractivity contribution in [3.63, 3.8) is 0 Å². The summed E-state index contributed by atoms with van der Waals surface area (Å²) in [5.41, 5.74) is 14.4. The quantitative estimate of drug-likeness (QED) is 0.148. The number of hydrogen-bond acceptors (Lipinski definition) is 0. The van der Waals surface area contributed by atoms with Crippen molar-refractivity contribution in [2.75, 3.05) is 0 Å². The fourth-order valence-corrected chi connectivity index (χ4v) is 9.89. The van der Waals surface area contributed by atoms with Crippen LogP contribution in [-0.4, -0.2) is 4.57 Å². The van der Waals surface area contributed by atoms with Gasteiger partial charge in [0.05, 0.1) is 16.9 Å². The Balaban J connectivity index is 1.27. The van der Waals surface area contributed by atoms with E-state index in [0.717, 1.165) is 5.69 Å². The summed E-state index contributed by atoms with van der Waals surface area (Å²) in [4.78, 5) is 0. The van der Waals surface area contributed by atoms with E-state index in [-0.39, 0.29) is 0 Å². The summed E-state index contributed by atoms with van der Waals surface area (Å²) in [6.45, 7) is 0. The van der Waals surface area contributed by atoms with Crippen molar-refractivity contribution in [1.29, 1.82) is 0 Å². The molecule has 0 radical (unpaired) electrons. The van der Waals surface area contributed by atoms with Gasteiger partial charge in [-0.05, 0) is 106 Å². The van der Waals surface area contributed by atoms with Crippen LogP contribution >= 0.6 is 0 Å². The molecule has 12 rings (SSSR count). The maximum Gasteiger partial charge on any atom is 0.0619 e. The fourth-order valence-electron chi connectivity index (χ4n) is 9.89. The highest BCUT2D eigenvalue weighted by molar-refractivity contribution is 6.25. The molecule has 0 saturated heterocycles. The Hall–Kier alpha value is -8.00. The van der Waals surface area contributed by atoms with Crippen molar-refractivity contribution in [3.8, 4) is 61.5 Å². The van der Waals surface area contributed by atoms with Gasteiger partial charge in [-0.3, -0.25) is 0 Å². The normalized spacial score (nSPS) is 11.6. The number of fused-ring (bicyclic) bond motifs is 5. The zero-order valence-corrected chi connectivity index (χ0v) is 33.5. The van der Waals surface area contributed by atoms with E-state index in [9.17, 15) is 0 Å². The molecule has 0 unspecified atom stereocenters. The van der Waals surface area contributed by atoms with E-state index in [2.05, 4.69) is 241 Å². The minimum absolute atomic E-state index is 1.15. The van der Waals surface area contributed by atoms with E-state index < -0.39 is 0 Å². The van der Waals surface area contributed by atoms with Crippen molar-refractivity contribution in [2.24, 2.45) is 0 Å².